The van der Waals surface area contributed by atoms with Crippen molar-refractivity contribution in [2.45, 2.75) is 13.8 Å². The molecule has 1 aromatic rings. The monoisotopic (exact) mass is 271 g/mol. The zero-order valence-corrected chi connectivity index (χ0v) is 10.4. The third-order valence-electron chi connectivity index (χ3n) is 1.60. The van der Waals surface area contributed by atoms with Crippen molar-refractivity contribution < 1.29 is 4.74 Å². The zero-order valence-electron chi connectivity index (χ0n) is 8.83. The summed E-state index contributed by atoms with van der Waals surface area (Å²) >= 11 is 3.33. The Morgan fingerprint density at radius 2 is 2.40 bits per heavy atom. The van der Waals surface area contributed by atoms with Gasteiger partial charge in [0.25, 0.3) is 0 Å². The lowest BCUT2D eigenvalue weighted by molar-refractivity contribution is 0.345. The molecule has 0 atom stereocenters. The summed E-state index contributed by atoms with van der Waals surface area (Å²) < 4.78 is 6.20. The molecule has 0 radical (unpaired) electrons. The van der Waals surface area contributed by atoms with E-state index in [0.29, 0.717) is 18.4 Å². The van der Waals surface area contributed by atoms with Crippen LogP contribution >= 0.6 is 15.9 Å². The van der Waals surface area contributed by atoms with E-state index in [1.54, 1.807) is 6.20 Å². The van der Waals surface area contributed by atoms with Crippen LogP contribution in [0.15, 0.2) is 22.8 Å². The van der Waals surface area contributed by atoms with Gasteiger partial charge in [-0.05, 0) is 29.8 Å². The summed E-state index contributed by atoms with van der Waals surface area (Å²) in [5.41, 5.74) is 0. The summed E-state index contributed by atoms with van der Waals surface area (Å²) in [4.78, 5) is 8.30. The summed E-state index contributed by atoms with van der Waals surface area (Å²) in [5, 5.41) is 3.02. The van der Waals surface area contributed by atoms with Crippen molar-refractivity contribution in [1.29, 1.82) is 0 Å². The van der Waals surface area contributed by atoms with E-state index in [0.717, 1.165) is 11.0 Å². The summed E-state index contributed by atoms with van der Waals surface area (Å²) in [7, 11) is 0. The number of nitrogens with one attached hydrogen (secondary N) is 1. The maximum Gasteiger partial charge on any atom is 0.233 e. The predicted octanol–water partition coefficient (Wildman–Crippen LogP) is 2.63. The molecule has 0 saturated carbocycles. The molecule has 0 aliphatic carbocycles. The second kappa shape index (κ2) is 6.40. The van der Waals surface area contributed by atoms with Gasteiger partial charge in [-0.3, -0.25) is 0 Å². The van der Waals surface area contributed by atoms with Gasteiger partial charge in [0.15, 0.2) is 0 Å². The Kier molecular flexibility index (Phi) is 5.10. The highest BCUT2D eigenvalue weighted by atomic mass is 79.9. The second-order valence-corrected chi connectivity index (χ2v) is 3.61. The first-order valence-corrected chi connectivity index (χ1v) is 5.57. The van der Waals surface area contributed by atoms with Crippen molar-refractivity contribution in [3.05, 3.63) is 22.8 Å². The number of nitrogens with zero attached hydrogens (tertiary/aromatic N) is 2. The molecule has 0 bridgehead atoms. The Hall–Kier alpha value is -1.10. The van der Waals surface area contributed by atoms with Crippen molar-refractivity contribution in [2.75, 3.05) is 18.5 Å². The average Bonchev–Trinajstić information content (AvgIpc) is 2.23. The van der Waals surface area contributed by atoms with Gasteiger partial charge < -0.3 is 10.1 Å². The van der Waals surface area contributed by atoms with E-state index in [4.69, 9.17) is 4.74 Å². The Morgan fingerprint density at radius 3 is 3.07 bits per heavy atom. The van der Waals surface area contributed by atoms with Crippen molar-refractivity contribution in [3.8, 4) is 5.88 Å². The van der Waals surface area contributed by atoms with Gasteiger partial charge in [-0.1, -0.05) is 12.2 Å². The quantitative estimate of drug-likeness (QED) is 0.837. The highest BCUT2D eigenvalue weighted by Crippen LogP contribution is 2.22. The predicted molar refractivity (Wildman–Crippen MR) is 64.2 cm³/mol. The van der Waals surface area contributed by atoms with Gasteiger partial charge in [0.2, 0.25) is 11.8 Å². The molecule has 4 nitrogen and oxygen atoms in total. The van der Waals surface area contributed by atoms with Crippen molar-refractivity contribution in [1.82, 2.24) is 9.97 Å². The molecule has 0 unspecified atom stereocenters. The molecule has 0 aliphatic heterocycles. The molecule has 0 saturated heterocycles. The minimum absolute atomic E-state index is 0.512. The molecule has 1 aromatic heterocycles. The number of hydrogen-bond donors (Lipinski definition) is 1. The fourth-order valence-corrected chi connectivity index (χ4v) is 1.22. The van der Waals surface area contributed by atoms with Gasteiger partial charge in [0, 0.05) is 6.54 Å². The smallest absolute Gasteiger partial charge is 0.233 e. The van der Waals surface area contributed by atoms with E-state index >= 15 is 0 Å². The standard InChI is InChI=1S/C10H14BrN3O/c1-3-5-6-15-9-8(11)7-13-10(14-9)12-4-2/h3,5,7H,4,6H2,1-2H3,(H,12,13,14)/b5-3+. The SMILES string of the molecule is C/C=C/COc1nc(NCC)ncc1Br. The first kappa shape index (κ1) is 12.0. The van der Waals surface area contributed by atoms with Crippen LogP contribution in [-0.2, 0) is 0 Å². The Bertz CT molecular complexity index is 341. The molecule has 82 valence electrons. The van der Waals surface area contributed by atoms with E-state index in [1.165, 1.54) is 0 Å². The molecule has 0 amide bonds. The van der Waals surface area contributed by atoms with Crippen LogP contribution < -0.4 is 10.1 Å². The lowest BCUT2D eigenvalue weighted by Crippen LogP contribution is -2.04. The molecular formula is C10H14BrN3O. The van der Waals surface area contributed by atoms with Crippen molar-refractivity contribution in [2.24, 2.45) is 0 Å². The minimum Gasteiger partial charge on any atom is -0.473 e. The van der Waals surface area contributed by atoms with Gasteiger partial charge >= 0.3 is 0 Å². The molecule has 1 N–H and O–H groups in total. The topological polar surface area (TPSA) is 47.0 Å². The Morgan fingerprint density at radius 1 is 1.60 bits per heavy atom. The van der Waals surface area contributed by atoms with Gasteiger partial charge in [0.05, 0.1) is 10.7 Å². The number of rotatable bonds is 5. The number of aromatic nitrogens is 2. The molecule has 15 heavy (non-hydrogen) atoms. The van der Waals surface area contributed by atoms with Crippen LogP contribution in [0, 0.1) is 0 Å². The van der Waals surface area contributed by atoms with Gasteiger partial charge in [-0.25, -0.2) is 4.98 Å². The fourth-order valence-electron chi connectivity index (χ4n) is 0.919. The third kappa shape index (κ3) is 3.87. The van der Waals surface area contributed by atoms with E-state index in [2.05, 4.69) is 31.2 Å². The number of hydrogen-bond acceptors (Lipinski definition) is 4. The number of anilines is 1. The maximum absolute atomic E-state index is 5.44. The summed E-state index contributed by atoms with van der Waals surface area (Å²) in [6.07, 6.45) is 5.53. The molecular weight excluding hydrogens is 258 g/mol. The van der Waals surface area contributed by atoms with Crippen LogP contribution in [-0.4, -0.2) is 23.1 Å². The normalized spacial score (nSPS) is 10.6. The molecule has 1 rings (SSSR count). The van der Waals surface area contributed by atoms with Crippen molar-refractivity contribution >= 4 is 21.9 Å². The van der Waals surface area contributed by atoms with E-state index in [-0.39, 0.29) is 0 Å². The van der Waals surface area contributed by atoms with Gasteiger partial charge in [-0.15, -0.1) is 0 Å². The van der Waals surface area contributed by atoms with Crippen LogP contribution in [0.3, 0.4) is 0 Å². The number of ether oxygens (including phenoxy) is 1. The largest absolute Gasteiger partial charge is 0.473 e. The molecule has 0 aromatic carbocycles. The lowest BCUT2D eigenvalue weighted by atomic mass is 10.5. The first-order chi connectivity index (χ1) is 7.27. The molecule has 5 heteroatoms. The van der Waals surface area contributed by atoms with E-state index < -0.39 is 0 Å². The highest BCUT2D eigenvalue weighted by Gasteiger charge is 2.04. The van der Waals surface area contributed by atoms with Crippen LogP contribution in [0.1, 0.15) is 13.8 Å². The zero-order chi connectivity index (χ0) is 11.1. The van der Waals surface area contributed by atoms with Gasteiger partial charge in [-0.2, -0.15) is 4.98 Å². The van der Waals surface area contributed by atoms with E-state index in [1.807, 2.05) is 26.0 Å². The average molecular weight is 272 g/mol. The number of allylic oxidation sites excluding steroid dienone is 1. The highest BCUT2D eigenvalue weighted by molar-refractivity contribution is 9.10. The van der Waals surface area contributed by atoms with Crippen LogP contribution in [0.4, 0.5) is 5.95 Å². The molecule has 0 aliphatic rings. The first-order valence-electron chi connectivity index (χ1n) is 4.78. The Labute approximate surface area is 97.9 Å². The third-order valence-corrected chi connectivity index (χ3v) is 2.14. The molecule has 0 fully saturated rings. The van der Waals surface area contributed by atoms with Crippen LogP contribution in [0.25, 0.3) is 0 Å². The van der Waals surface area contributed by atoms with Crippen LogP contribution in [0.5, 0.6) is 5.88 Å². The fraction of sp³-hybridized carbons (Fsp3) is 0.400. The van der Waals surface area contributed by atoms with Crippen LogP contribution in [0.2, 0.25) is 0 Å². The molecule has 1 heterocycles. The summed E-state index contributed by atoms with van der Waals surface area (Å²) in [6, 6.07) is 0. The Balaban J connectivity index is 2.71. The minimum atomic E-state index is 0.512. The van der Waals surface area contributed by atoms with E-state index in [9.17, 15) is 0 Å². The molecule has 0 spiro atoms. The number of halogens is 1. The van der Waals surface area contributed by atoms with Crippen molar-refractivity contribution in [3.63, 3.8) is 0 Å². The summed E-state index contributed by atoms with van der Waals surface area (Å²) in [6.45, 7) is 5.24. The van der Waals surface area contributed by atoms with Gasteiger partial charge in [0.1, 0.15) is 6.61 Å². The lowest BCUT2D eigenvalue weighted by Gasteiger charge is -2.06. The summed E-state index contributed by atoms with van der Waals surface area (Å²) in [5.74, 6) is 1.13. The second-order valence-electron chi connectivity index (χ2n) is 2.76. The maximum atomic E-state index is 5.44.